The maximum Gasteiger partial charge on any atom is 0.321 e. The number of carbonyl (C=O) groups is 2. The van der Waals surface area contributed by atoms with Crippen LogP contribution < -0.4 is 20.9 Å². The zero-order chi connectivity index (χ0) is 22.0. The standard InChI is InChI=1S/C21H22N4O4S2/c1-3-29-13-9-7-12(8-10-13)25-19(27)17-14-5-4-6-15(14)31-18(17)24-21(25)30-11-16(26)23-20(28)22-2/h7-10H,3-6,11H2,1-2H3,(H2,22,23,26,28). The number of carbonyl (C=O) groups excluding carboxylic acids is 2. The molecule has 0 radical (unpaired) electrons. The quantitative estimate of drug-likeness (QED) is 0.435. The monoisotopic (exact) mass is 458 g/mol. The summed E-state index contributed by atoms with van der Waals surface area (Å²) >= 11 is 2.68. The molecule has 0 unspecified atom stereocenters. The Labute approximate surface area is 187 Å². The summed E-state index contributed by atoms with van der Waals surface area (Å²) in [4.78, 5) is 43.7. The zero-order valence-electron chi connectivity index (χ0n) is 17.2. The van der Waals surface area contributed by atoms with Crippen LogP contribution in [-0.4, -0.2) is 40.9 Å². The number of fused-ring (bicyclic) bond motifs is 3. The molecule has 31 heavy (non-hydrogen) atoms. The van der Waals surface area contributed by atoms with Gasteiger partial charge in [-0.15, -0.1) is 11.3 Å². The number of urea groups is 1. The van der Waals surface area contributed by atoms with E-state index in [1.165, 1.54) is 11.9 Å². The van der Waals surface area contributed by atoms with Crippen molar-refractivity contribution in [1.82, 2.24) is 20.2 Å². The highest BCUT2D eigenvalue weighted by atomic mass is 32.2. The summed E-state index contributed by atoms with van der Waals surface area (Å²) in [6, 6.07) is 6.65. The van der Waals surface area contributed by atoms with Crippen molar-refractivity contribution in [3.63, 3.8) is 0 Å². The number of benzene rings is 1. The molecule has 8 nitrogen and oxygen atoms in total. The summed E-state index contributed by atoms with van der Waals surface area (Å²) in [7, 11) is 1.44. The van der Waals surface area contributed by atoms with Crippen LogP contribution in [0.25, 0.3) is 15.9 Å². The first kappa shape index (κ1) is 21.4. The molecule has 3 amide bonds. The lowest BCUT2D eigenvalue weighted by Gasteiger charge is -2.13. The molecule has 0 aliphatic heterocycles. The normalized spacial score (nSPS) is 12.6. The number of nitrogens with zero attached hydrogens (tertiary/aromatic N) is 2. The third-order valence-electron chi connectivity index (χ3n) is 4.93. The molecular formula is C21H22N4O4S2. The van der Waals surface area contributed by atoms with Crippen LogP contribution in [0.1, 0.15) is 23.8 Å². The van der Waals surface area contributed by atoms with Crippen LogP contribution in [0.5, 0.6) is 5.75 Å². The summed E-state index contributed by atoms with van der Waals surface area (Å²) in [5.41, 5.74) is 1.61. The molecule has 0 bridgehead atoms. The van der Waals surface area contributed by atoms with Gasteiger partial charge in [-0.05, 0) is 56.0 Å². The number of hydrogen-bond donors (Lipinski definition) is 2. The van der Waals surface area contributed by atoms with Crippen molar-refractivity contribution >= 4 is 45.3 Å². The predicted molar refractivity (Wildman–Crippen MR) is 122 cm³/mol. The summed E-state index contributed by atoms with van der Waals surface area (Å²) in [6.07, 6.45) is 2.90. The Bertz CT molecular complexity index is 1200. The molecule has 0 atom stereocenters. The number of amides is 3. The first-order chi connectivity index (χ1) is 15.0. The molecule has 1 aromatic carbocycles. The third kappa shape index (κ3) is 4.31. The molecule has 4 rings (SSSR count). The number of nitrogens with one attached hydrogen (secondary N) is 2. The fourth-order valence-electron chi connectivity index (χ4n) is 3.56. The van der Waals surface area contributed by atoms with Crippen molar-refractivity contribution in [2.45, 2.75) is 31.3 Å². The van der Waals surface area contributed by atoms with Gasteiger partial charge >= 0.3 is 6.03 Å². The molecule has 0 saturated carbocycles. The van der Waals surface area contributed by atoms with Crippen molar-refractivity contribution in [1.29, 1.82) is 0 Å². The smallest absolute Gasteiger partial charge is 0.321 e. The third-order valence-corrected chi connectivity index (χ3v) is 7.05. The minimum Gasteiger partial charge on any atom is -0.494 e. The Morgan fingerprint density at radius 2 is 2.03 bits per heavy atom. The Morgan fingerprint density at radius 3 is 2.74 bits per heavy atom. The maximum absolute atomic E-state index is 13.6. The van der Waals surface area contributed by atoms with Gasteiger partial charge in [-0.2, -0.15) is 0 Å². The Hall–Kier alpha value is -2.85. The van der Waals surface area contributed by atoms with Crippen molar-refractivity contribution in [2.24, 2.45) is 0 Å². The molecule has 0 saturated heterocycles. The zero-order valence-corrected chi connectivity index (χ0v) is 18.8. The molecule has 0 fully saturated rings. The van der Waals surface area contributed by atoms with E-state index < -0.39 is 11.9 Å². The second-order valence-corrected chi connectivity index (χ2v) is 8.94. The highest BCUT2D eigenvalue weighted by molar-refractivity contribution is 7.99. The van der Waals surface area contributed by atoms with Crippen molar-refractivity contribution in [2.75, 3.05) is 19.4 Å². The van der Waals surface area contributed by atoms with Crippen molar-refractivity contribution < 1.29 is 14.3 Å². The molecule has 1 aliphatic rings. The van der Waals surface area contributed by atoms with Crippen LogP contribution >= 0.6 is 23.1 Å². The first-order valence-corrected chi connectivity index (χ1v) is 11.8. The number of hydrogen-bond acceptors (Lipinski definition) is 7. The van der Waals surface area contributed by atoms with Gasteiger partial charge in [0.1, 0.15) is 10.6 Å². The largest absolute Gasteiger partial charge is 0.494 e. The molecule has 0 spiro atoms. The Balaban J connectivity index is 1.76. The molecule has 2 N–H and O–H groups in total. The van der Waals surface area contributed by atoms with E-state index in [1.54, 1.807) is 40.2 Å². The molecular weight excluding hydrogens is 436 g/mol. The average molecular weight is 459 g/mol. The highest BCUT2D eigenvalue weighted by Gasteiger charge is 2.24. The number of aromatic nitrogens is 2. The fourth-order valence-corrected chi connectivity index (χ4v) is 5.68. The molecule has 2 heterocycles. The van der Waals surface area contributed by atoms with Crippen LogP contribution in [0.2, 0.25) is 0 Å². The lowest BCUT2D eigenvalue weighted by molar-refractivity contribution is -0.117. The molecule has 3 aromatic rings. The van der Waals surface area contributed by atoms with Gasteiger partial charge in [0, 0.05) is 11.9 Å². The van der Waals surface area contributed by atoms with Crippen LogP contribution in [0.3, 0.4) is 0 Å². The second-order valence-electron chi connectivity index (χ2n) is 6.92. The van der Waals surface area contributed by atoms with Crippen molar-refractivity contribution in [3.05, 3.63) is 45.1 Å². The van der Waals surface area contributed by atoms with E-state index in [2.05, 4.69) is 10.6 Å². The number of ether oxygens (including phenoxy) is 1. The lowest BCUT2D eigenvalue weighted by atomic mass is 10.2. The maximum atomic E-state index is 13.6. The number of imide groups is 1. The van der Waals surface area contributed by atoms with E-state index in [4.69, 9.17) is 9.72 Å². The van der Waals surface area contributed by atoms with Crippen LogP contribution in [0.15, 0.2) is 34.2 Å². The van der Waals surface area contributed by atoms with E-state index in [0.29, 0.717) is 33.4 Å². The number of thioether (sulfide) groups is 1. The second kappa shape index (κ2) is 9.11. The van der Waals surface area contributed by atoms with E-state index in [0.717, 1.165) is 36.6 Å². The summed E-state index contributed by atoms with van der Waals surface area (Å²) < 4.78 is 7.05. The number of rotatable bonds is 6. The minimum absolute atomic E-state index is 0.0481. The van der Waals surface area contributed by atoms with Gasteiger partial charge in [-0.3, -0.25) is 19.5 Å². The number of thiophene rings is 1. The van der Waals surface area contributed by atoms with Gasteiger partial charge in [0.2, 0.25) is 5.91 Å². The summed E-state index contributed by atoms with van der Waals surface area (Å²) in [5, 5.41) is 5.65. The van der Waals surface area contributed by atoms with Crippen LogP contribution in [0.4, 0.5) is 4.79 Å². The van der Waals surface area contributed by atoms with E-state index in [9.17, 15) is 14.4 Å². The van der Waals surface area contributed by atoms with Gasteiger partial charge in [-0.25, -0.2) is 9.78 Å². The Morgan fingerprint density at radius 1 is 1.26 bits per heavy atom. The van der Waals surface area contributed by atoms with Crippen LogP contribution in [-0.2, 0) is 17.6 Å². The van der Waals surface area contributed by atoms with Gasteiger partial charge in [-0.1, -0.05) is 11.8 Å². The summed E-state index contributed by atoms with van der Waals surface area (Å²) in [5.74, 6) is 0.197. The summed E-state index contributed by atoms with van der Waals surface area (Å²) in [6.45, 7) is 2.46. The topological polar surface area (TPSA) is 102 Å². The fraction of sp³-hybridized carbons (Fsp3) is 0.333. The lowest BCUT2D eigenvalue weighted by Crippen LogP contribution is -2.38. The van der Waals surface area contributed by atoms with E-state index in [1.807, 2.05) is 6.92 Å². The van der Waals surface area contributed by atoms with Gasteiger partial charge in [0.15, 0.2) is 5.16 Å². The Kier molecular flexibility index (Phi) is 6.28. The van der Waals surface area contributed by atoms with E-state index >= 15 is 0 Å². The average Bonchev–Trinajstić information content (AvgIpc) is 3.34. The molecule has 162 valence electrons. The molecule has 10 heteroatoms. The SMILES string of the molecule is CCOc1ccc(-n2c(SCC(=O)NC(=O)NC)nc3sc4c(c3c2=O)CCC4)cc1. The first-order valence-electron chi connectivity index (χ1n) is 9.96. The van der Waals surface area contributed by atoms with Crippen molar-refractivity contribution in [3.8, 4) is 11.4 Å². The molecule has 1 aliphatic carbocycles. The highest BCUT2D eigenvalue weighted by Crippen LogP contribution is 2.36. The minimum atomic E-state index is -0.576. The van der Waals surface area contributed by atoms with E-state index in [-0.39, 0.29) is 11.3 Å². The van der Waals surface area contributed by atoms with Gasteiger partial charge in [0.05, 0.1) is 23.4 Å². The predicted octanol–water partition coefficient (Wildman–Crippen LogP) is 2.88. The number of aryl methyl sites for hydroxylation is 2. The van der Waals surface area contributed by atoms with Gasteiger partial charge < -0.3 is 10.1 Å². The van der Waals surface area contributed by atoms with Crippen LogP contribution in [0, 0.1) is 0 Å². The molecule has 2 aromatic heterocycles. The van der Waals surface area contributed by atoms with Gasteiger partial charge in [0.25, 0.3) is 5.56 Å².